The van der Waals surface area contributed by atoms with Crippen molar-refractivity contribution in [2.75, 3.05) is 27.2 Å². The molecule has 0 aliphatic rings. The zero-order chi connectivity index (χ0) is 22.7. The molecule has 0 aromatic rings. The zero-order valence-corrected chi connectivity index (χ0v) is 19.9. The first-order valence-corrected chi connectivity index (χ1v) is 12.3. The summed E-state index contributed by atoms with van der Waals surface area (Å²) in [5.74, 6) is -3.38. The highest BCUT2D eigenvalue weighted by Gasteiger charge is 2.37. The van der Waals surface area contributed by atoms with Crippen LogP contribution in [0.3, 0.4) is 0 Å². The number of hydrogen-bond donors (Lipinski definition) is 2. The molecule has 0 bridgehead atoms. The van der Waals surface area contributed by atoms with Crippen molar-refractivity contribution in [3.05, 3.63) is 0 Å². The number of carbonyl (C=O) groups excluding carboxylic acids is 1. The van der Waals surface area contributed by atoms with Gasteiger partial charge >= 0.3 is 0 Å². The third kappa shape index (κ3) is 18.1. The molecular weight excluding hydrogens is 386 g/mol. The number of nitrogens with zero attached hydrogens (tertiary/aromatic N) is 1. The number of nitrogens with one attached hydrogen (secondary N) is 1. The van der Waals surface area contributed by atoms with Crippen molar-refractivity contribution >= 4 is 5.91 Å². The fraction of sp³-hybridized carbons (Fsp3) is 0.958. The predicted octanol–water partition coefficient (Wildman–Crippen LogP) is 5.92. The highest BCUT2D eigenvalue weighted by Crippen LogP contribution is 2.28. The van der Waals surface area contributed by atoms with Gasteiger partial charge in [-0.1, -0.05) is 77.6 Å². The number of aliphatic hydroxyl groups is 1. The van der Waals surface area contributed by atoms with Gasteiger partial charge < -0.3 is 15.3 Å². The summed E-state index contributed by atoms with van der Waals surface area (Å²) in [6.45, 7) is 3.62. The van der Waals surface area contributed by atoms with Gasteiger partial charge in [0, 0.05) is 19.4 Å². The maximum absolute atomic E-state index is 14.1. The number of amides is 1. The van der Waals surface area contributed by atoms with Gasteiger partial charge in [0.1, 0.15) is 6.10 Å². The van der Waals surface area contributed by atoms with E-state index in [9.17, 15) is 18.7 Å². The predicted molar refractivity (Wildman–Crippen MR) is 122 cm³/mol. The molecule has 1 atom stereocenters. The molecule has 2 N–H and O–H groups in total. The molecule has 0 radical (unpaired) electrons. The lowest BCUT2D eigenvalue weighted by molar-refractivity contribution is -0.129. The van der Waals surface area contributed by atoms with Crippen molar-refractivity contribution in [1.82, 2.24) is 10.2 Å². The molecule has 0 saturated heterocycles. The quantitative estimate of drug-likeness (QED) is 0.220. The van der Waals surface area contributed by atoms with Gasteiger partial charge in [-0.3, -0.25) is 4.79 Å². The molecule has 0 spiro atoms. The summed E-state index contributed by atoms with van der Waals surface area (Å²) in [6.07, 6.45) is 12.2. The van der Waals surface area contributed by atoms with Crippen LogP contribution in [0.15, 0.2) is 0 Å². The van der Waals surface area contributed by atoms with Crippen molar-refractivity contribution in [3.63, 3.8) is 0 Å². The van der Waals surface area contributed by atoms with Crippen LogP contribution in [0, 0.1) is 0 Å². The monoisotopic (exact) mass is 434 g/mol. The molecule has 180 valence electrons. The summed E-state index contributed by atoms with van der Waals surface area (Å²) in [5, 5.41) is 12.5. The minimum Gasteiger partial charge on any atom is -0.387 e. The largest absolute Gasteiger partial charge is 0.387 e. The van der Waals surface area contributed by atoms with E-state index in [-0.39, 0.29) is 25.2 Å². The second kappa shape index (κ2) is 19.0. The Bertz CT molecular complexity index is 407. The van der Waals surface area contributed by atoms with E-state index in [4.69, 9.17) is 0 Å². The molecule has 0 heterocycles. The van der Waals surface area contributed by atoms with E-state index < -0.39 is 12.0 Å². The highest BCUT2D eigenvalue weighted by molar-refractivity contribution is 5.75. The van der Waals surface area contributed by atoms with Crippen LogP contribution in [-0.4, -0.2) is 55.1 Å². The zero-order valence-electron chi connectivity index (χ0n) is 19.9. The van der Waals surface area contributed by atoms with Gasteiger partial charge in [-0.15, -0.1) is 0 Å². The van der Waals surface area contributed by atoms with E-state index in [0.29, 0.717) is 13.0 Å². The van der Waals surface area contributed by atoms with Crippen LogP contribution in [0.25, 0.3) is 0 Å². The number of aliphatic hydroxyl groups excluding tert-OH is 1. The lowest BCUT2D eigenvalue weighted by Crippen LogP contribution is -2.35. The molecular formula is C24H48F2N2O2. The van der Waals surface area contributed by atoms with Crippen LogP contribution in [0.1, 0.15) is 110 Å². The van der Waals surface area contributed by atoms with E-state index in [1.165, 1.54) is 51.4 Å². The van der Waals surface area contributed by atoms with Gasteiger partial charge in [0.2, 0.25) is 5.91 Å². The van der Waals surface area contributed by atoms with Crippen LogP contribution in [0.2, 0.25) is 0 Å². The molecule has 1 unspecified atom stereocenters. The molecule has 0 aromatic carbocycles. The Kier molecular flexibility index (Phi) is 18.5. The van der Waals surface area contributed by atoms with Crippen molar-refractivity contribution < 1.29 is 18.7 Å². The maximum atomic E-state index is 14.1. The molecule has 0 fully saturated rings. The van der Waals surface area contributed by atoms with Crippen molar-refractivity contribution in [3.8, 4) is 0 Å². The molecule has 0 saturated carbocycles. The summed E-state index contributed by atoms with van der Waals surface area (Å²) in [7, 11) is 3.91. The smallest absolute Gasteiger partial charge is 0.273 e. The van der Waals surface area contributed by atoms with Crippen LogP contribution >= 0.6 is 0 Å². The third-order valence-electron chi connectivity index (χ3n) is 5.60. The van der Waals surface area contributed by atoms with E-state index in [1.54, 1.807) is 0 Å². The molecule has 0 aliphatic carbocycles. The summed E-state index contributed by atoms with van der Waals surface area (Å²) in [4.78, 5) is 13.7. The Hall–Kier alpha value is -0.750. The van der Waals surface area contributed by atoms with Gasteiger partial charge in [-0.25, -0.2) is 8.78 Å². The number of rotatable bonds is 21. The first-order valence-electron chi connectivity index (χ1n) is 12.3. The minimum absolute atomic E-state index is 0.0584. The van der Waals surface area contributed by atoms with Gasteiger partial charge in [0.05, 0.1) is 0 Å². The molecule has 1 amide bonds. The van der Waals surface area contributed by atoms with Gasteiger partial charge in [0.15, 0.2) is 0 Å². The fourth-order valence-corrected chi connectivity index (χ4v) is 3.56. The average molecular weight is 435 g/mol. The first-order chi connectivity index (χ1) is 14.3. The Morgan fingerprint density at radius 2 is 1.40 bits per heavy atom. The number of carbonyl (C=O) groups is 1. The average Bonchev–Trinajstić information content (AvgIpc) is 2.70. The Morgan fingerprint density at radius 1 is 0.900 bits per heavy atom. The normalized spacial score (nSPS) is 13.0. The summed E-state index contributed by atoms with van der Waals surface area (Å²) in [6, 6.07) is 0. The highest BCUT2D eigenvalue weighted by atomic mass is 19.3. The Labute approximate surface area is 184 Å². The second-order valence-corrected chi connectivity index (χ2v) is 8.96. The number of halogens is 2. The summed E-state index contributed by atoms with van der Waals surface area (Å²) >= 11 is 0. The van der Waals surface area contributed by atoms with E-state index in [0.717, 1.165) is 32.2 Å². The lowest BCUT2D eigenvalue weighted by Gasteiger charge is -2.22. The molecule has 30 heavy (non-hydrogen) atoms. The van der Waals surface area contributed by atoms with Crippen LogP contribution in [0.5, 0.6) is 0 Å². The minimum atomic E-state index is -3.11. The Balaban J connectivity index is 3.65. The van der Waals surface area contributed by atoms with E-state index in [2.05, 4.69) is 12.2 Å². The summed E-state index contributed by atoms with van der Waals surface area (Å²) < 4.78 is 28.2. The van der Waals surface area contributed by atoms with E-state index in [1.807, 2.05) is 19.0 Å². The van der Waals surface area contributed by atoms with Gasteiger partial charge in [0.25, 0.3) is 5.92 Å². The third-order valence-corrected chi connectivity index (χ3v) is 5.60. The lowest BCUT2D eigenvalue weighted by atomic mass is 9.99. The molecule has 0 rings (SSSR count). The van der Waals surface area contributed by atoms with Crippen LogP contribution in [0.4, 0.5) is 8.78 Å². The SMILES string of the molecule is CCCCCCCCCCCCCCC(F)(F)C(O)CCC(=O)NCCCN(C)C. The summed E-state index contributed by atoms with van der Waals surface area (Å²) in [5.41, 5.74) is 0. The Morgan fingerprint density at radius 3 is 1.90 bits per heavy atom. The fourth-order valence-electron chi connectivity index (χ4n) is 3.56. The second-order valence-electron chi connectivity index (χ2n) is 8.96. The van der Waals surface area contributed by atoms with Crippen molar-refractivity contribution in [1.29, 1.82) is 0 Å². The van der Waals surface area contributed by atoms with Crippen molar-refractivity contribution in [2.45, 2.75) is 122 Å². The molecule has 6 heteroatoms. The van der Waals surface area contributed by atoms with Crippen LogP contribution in [-0.2, 0) is 4.79 Å². The van der Waals surface area contributed by atoms with E-state index >= 15 is 0 Å². The molecule has 4 nitrogen and oxygen atoms in total. The number of alkyl halides is 2. The van der Waals surface area contributed by atoms with Gasteiger partial charge in [-0.2, -0.15) is 0 Å². The van der Waals surface area contributed by atoms with Crippen molar-refractivity contribution in [2.24, 2.45) is 0 Å². The number of hydrogen-bond acceptors (Lipinski definition) is 3. The van der Waals surface area contributed by atoms with Gasteiger partial charge in [-0.05, 0) is 39.9 Å². The molecule has 0 aromatic heterocycles. The topological polar surface area (TPSA) is 52.6 Å². The standard InChI is InChI=1S/C24H48F2N2O2/c1-4-5-6-7-8-9-10-11-12-13-14-15-19-24(25,26)22(29)17-18-23(30)27-20-16-21-28(2)3/h22,29H,4-21H2,1-3H3,(H,27,30). The molecule has 0 aliphatic heterocycles. The van der Waals surface area contributed by atoms with Crippen LogP contribution < -0.4 is 5.32 Å². The number of unbranched alkanes of at least 4 members (excludes halogenated alkanes) is 11. The first kappa shape index (κ1) is 29.2. The maximum Gasteiger partial charge on any atom is 0.273 e.